The van der Waals surface area contributed by atoms with Gasteiger partial charge in [-0.2, -0.15) is 13.2 Å². The molecule has 1 aromatic heterocycles. The van der Waals surface area contributed by atoms with Gasteiger partial charge in [0.15, 0.2) is 0 Å². The molecule has 0 radical (unpaired) electrons. The first-order chi connectivity index (χ1) is 14.1. The molecule has 2 fully saturated rings. The molecule has 30 heavy (non-hydrogen) atoms. The zero-order valence-electron chi connectivity index (χ0n) is 15.6. The maximum atomic E-state index is 13.4. The van der Waals surface area contributed by atoms with E-state index in [4.69, 9.17) is 9.90 Å². The van der Waals surface area contributed by atoms with E-state index in [-0.39, 0.29) is 17.1 Å². The lowest BCUT2D eigenvalue weighted by atomic mass is 9.86. The fraction of sp³-hybridized carbons (Fsp3) is 0.368. The molecular weight excluding hydrogens is 408 g/mol. The van der Waals surface area contributed by atoms with Gasteiger partial charge in [-0.3, -0.25) is 4.79 Å². The van der Waals surface area contributed by atoms with Gasteiger partial charge in [0, 0.05) is 49.6 Å². The summed E-state index contributed by atoms with van der Waals surface area (Å²) in [5.74, 6) is -2.30. The molecule has 1 N–H and O–H groups in total. The predicted molar refractivity (Wildman–Crippen MR) is 98.4 cm³/mol. The van der Waals surface area contributed by atoms with Crippen molar-refractivity contribution in [3.8, 4) is 0 Å². The van der Waals surface area contributed by atoms with Crippen LogP contribution in [0, 0.1) is 11.2 Å². The third-order valence-corrected chi connectivity index (χ3v) is 4.96. The monoisotopic (exact) mass is 426 g/mol. The summed E-state index contributed by atoms with van der Waals surface area (Å²) in [4.78, 5) is 33.8. The van der Waals surface area contributed by atoms with E-state index >= 15 is 0 Å². The second-order valence-corrected chi connectivity index (χ2v) is 7.16. The van der Waals surface area contributed by atoms with Crippen molar-refractivity contribution >= 4 is 23.5 Å². The number of rotatable bonds is 2. The average Bonchev–Trinajstić information content (AvgIpc) is 3.25. The maximum absolute atomic E-state index is 13.4. The summed E-state index contributed by atoms with van der Waals surface area (Å²) in [5, 5.41) is 7.12. The van der Waals surface area contributed by atoms with E-state index in [1.165, 1.54) is 12.1 Å². The lowest BCUT2D eigenvalue weighted by molar-refractivity contribution is -0.192. The first-order valence-corrected chi connectivity index (χ1v) is 8.98. The Balaban J connectivity index is 0.000000318. The number of carbonyl (C=O) groups excluding carboxylic acids is 1. The maximum Gasteiger partial charge on any atom is 0.490 e. The Hall–Kier alpha value is -3.24. The van der Waals surface area contributed by atoms with Crippen molar-refractivity contribution in [1.82, 2.24) is 9.97 Å². The highest BCUT2D eigenvalue weighted by Gasteiger charge is 2.48. The summed E-state index contributed by atoms with van der Waals surface area (Å²) in [6.07, 6.45) is -0.214. The van der Waals surface area contributed by atoms with Gasteiger partial charge in [0.05, 0.1) is 0 Å². The number of nitrogens with zero attached hydrogens (tertiary/aromatic N) is 4. The van der Waals surface area contributed by atoms with Gasteiger partial charge in [-0.1, -0.05) is 6.07 Å². The number of carboxylic acids is 1. The summed E-state index contributed by atoms with van der Waals surface area (Å²) in [6, 6.07) is 8.03. The predicted octanol–water partition coefficient (Wildman–Crippen LogP) is 2.88. The highest BCUT2D eigenvalue weighted by Crippen LogP contribution is 2.42. The topological polar surface area (TPSA) is 86.6 Å². The number of carbonyl (C=O) groups is 2. The van der Waals surface area contributed by atoms with Crippen LogP contribution in [-0.4, -0.2) is 52.8 Å². The van der Waals surface area contributed by atoms with Crippen molar-refractivity contribution in [2.45, 2.75) is 19.0 Å². The Morgan fingerprint density at radius 2 is 1.80 bits per heavy atom. The fourth-order valence-electron chi connectivity index (χ4n) is 3.61. The van der Waals surface area contributed by atoms with Crippen LogP contribution in [0.4, 0.5) is 29.2 Å². The zero-order chi connectivity index (χ0) is 21.9. The number of aliphatic carboxylic acids is 1. The average molecular weight is 426 g/mol. The van der Waals surface area contributed by atoms with Gasteiger partial charge in [0.2, 0.25) is 11.9 Å². The molecule has 0 bridgehead atoms. The number of benzene rings is 1. The summed E-state index contributed by atoms with van der Waals surface area (Å²) >= 11 is 0. The number of hydrogen-bond acceptors (Lipinski definition) is 5. The van der Waals surface area contributed by atoms with Crippen molar-refractivity contribution in [3.05, 3.63) is 48.5 Å². The first kappa shape index (κ1) is 21.5. The van der Waals surface area contributed by atoms with E-state index in [0.717, 1.165) is 19.5 Å². The van der Waals surface area contributed by atoms with Crippen LogP contribution in [0.25, 0.3) is 0 Å². The summed E-state index contributed by atoms with van der Waals surface area (Å²) in [7, 11) is 0. The Bertz CT molecular complexity index is 925. The molecular formula is C19H18F4N4O3. The van der Waals surface area contributed by atoms with E-state index in [2.05, 4.69) is 14.9 Å². The molecule has 2 saturated heterocycles. The molecule has 1 amide bonds. The molecule has 2 aliphatic rings. The molecule has 1 spiro atoms. The molecule has 0 aliphatic carbocycles. The normalized spacial score (nSPS) is 21.0. The van der Waals surface area contributed by atoms with Gasteiger partial charge in [-0.05, 0) is 30.7 Å². The highest BCUT2D eigenvalue weighted by molar-refractivity contribution is 5.96. The molecule has 1 unspecified atom stereocenters. The smallest absolute Gasteiger partial charge is 0.475 e. The number of aromatic nitrogens is 2. The number of hydrogen-bond donors (Lipinski definition) is 1. The van der Waals surface area contributed by atoms with Crippen LogP contribution in [0.2, 0.25) is 0 Å². The van der Waals surface area contributed by atoms with E-state index < -0.39 is 12.1 Å². The molecule has 11 heteroatoms. The molecule has 7 nitrogen and oxygen atoms in total. The number of carboxylic acid groups (broad SMARTS) is 1. The van der Waals surface area contributed by atoms with Crippen molar-refractivity contribution in [2.24, 2.45) is 5.41 Å². The van der Waals surface area contributed by atoms with E-state index in [9.17, 15) is 22.4 Å². The standard InChI is InChI=1S/C17H17FN4O.C2HF3O2/c18-13-3-1-4-14(9-13)22-12-17(10-15(22)23)5-8-21(11-17)16-19-6-2-7-20-16;3-2(4,5)1(6)7/h1-4,6-7,9H,5,8,10-12H2;(H,6,7). The third kappa shape index (κ3) is 4.84. The molecule has 0 saturated carbocycles. The van der Waals surface area contributed by atoms with Gasteiger partial charge < -0.3 is 14.9 Å². The Labute approximate surface area is 169 Å². The van der Waals surface area contributed by atoms with Crippen LogP contribution in [0.1, 0.15) is 12.8 Å². The van der Waals surface area contributed by atoms with Crippen LogP contribution >= 0.6 is 0 Å². The van der Waals surface area contributed by atoms with Crippen LogP contribution in [-0.2, 0) is 9.59 Å². The van der Waals surface area contributed by atoms with Crippen LogP contribution in [0.3, 0.4) is 0 Å². The highest BCUT2D eigenvalue weighted by atomic mass is 19.4. The lowest BCUT2D eigenvalue weighted by Crippen LogP contribution is -2.31. The summed E-state index contributed by atoms with van der Waals surface area (Å²) in [6.45, 7) is 2.22. The summed E-state index contributed by atoms with van der Waals surface area (Å²) < 4.78 is 45.2. The van der Waals surface area contributed by atoms with Gasteiger partial charge >= 0.3 is 12.1 Å². The molecule has 4 rings (SSSR count). The summed E-state index contributed by atoms with van der Waals surface area (Å²) in [5.41, 5.74) is 0.545. The minimum atomic E-state index is -5.08. The molecule has 2 aromatic rings. The van der Waals surface area contributed by atoms with Crippen LogP contribution < -0.4 is 9.80 Å². The largest absolute Gasteiger partial charge is 0.490 e. The minimum Gasteiger partial charge on any atom is -0.475 e. The number of anilines is 2. The Morgan fingerprint density at radius 1 is 1.13 bits per heavy atom. The van der Waals surface area contributed by atoms with Gasteiger partial charge in [0.1, 0.15) is 5.82 Å². The van der Waals surface area contributed by atoms with Crippen LogP contribution in [0.5, 0.6) is 0 Å². The van der Waals surface area contributed by atoms with Gasteiger partial charge in [0.25, 0.3) is 0 Å². The number of halogens is 4. The third-order valence-electron chi connectivity index (χ3n) is 4.96. The second kappa shape index (κ2) is 8.25. The lowest BCUT2D eigenvalue weighted by Gasteiger charge is -2.24. The number of alkyl halides is 3. The number of amides is 1. The van der Waals surface area contributed by atoms with Crippen LogP contribution in [0.15, 0.2) is 42.7 Å². The minimum absolute atomic E-state index is 0.0615. The Morgan fingerprint density at radius 3 is 2.40 bits per heavy atom. The van der Waals surface area contributed by atoms with Crippen molar-refractivity contribution < 1.29 is 32.3 Å². The fourth-order valence-corrected chi connectivity index (χ4v) is 3.61. The Kier molecular flexibility index (Phi) is 5.90. The molecule has 1 aromatic carbocycles. The van der Waals surface area contributed by atoms with E-state index in [1.807, 2.05) is 0 Å². The van der Waals surface area contributed by atoms with Crippen molar-refractivity contribution in [3.63, 3.8) is 0 Å². The molecule has 1 atom stereocenters. The quantitative estimate of drug-likeness (QED) is 0.744. The van der Waals surface area contributed by atoms with E-state index in [1.54, 1.807) is 35.5 Å². The zero-order valence-corrected chi connectivity index (χ0v) is 15.6. The van der Waals surface area contributed by atoms with Gasteiger partial charge in [-0.15, -0.1) is 0 Å². The first-order valence-electron chi connectivity index (χ1n) is 8.98. The van der Waals surface area contributed by atoms with E-state index in [0.29, 0.717) is 24.6 Å². The van der Waals surface area contributed by atoms with Gasteiger partial charge in [-0.25, -0.2) is 19.2 Å². The SMILES string of the molecule is O=C(O)C(F)(F)F.O=C1CC2(CCN(c3ncccn3)C2)CN1c1cccc(F)c1. The second-order valence-electron chi connectivity index (χ2n) is 7.16. The van der Waals surface area contributed by atoms with Crippen molar-refractivity contribution in [2.75, 3.05) is 29.4 Å². The molecule has 160 valence electrons. The molecule has 3 heterocycles. The molecule has 2 aliphatic heterocycles. The van der Waals surface area contributed by atoms with Crippen molar-refractivity contribution in [1.29, 1.82) is 0 Å².